The molecule has 7 rings (SSSR count). The van der Waals surface area contributed by atoms with Crippen LogP contribution in [0.15, 0.2) is 61.0 Å². The van der Waals surface area contributed by atoms with Gasteiger partial charge in [-0.2, -0.15) is 0 Å². The summed E-state index contributed by atoms with van der Waals surface area (Å²) in [6.07, 6.45) is 17.7. The molecule has 0 radical (unpaired) electrons. The largest absolute Gasteiger partial charge is 0.382 e. The molecule has 4 heterocycles. The number of pyridine rings is 1. The zero-order valence-electron chi connectivity index (χ0n) is 19.9. The van der Waals surface area contributed by atoms with Crippen molar-refractivity contribution in [2.75, 3.05) is 18.8 Å². The van der Waals surface area contributed by atoms with Crippen LogP contribution < -0.4 is 5.73 Å². The van der Waals surface area contributed by atoms with Crippen LogP contribution in [0, 0.1) is 0 Å². The molecule has 176 valence electrons. The first-order valence-electron chi connectivity index (χ1n) is 12.9. The lowest BCUT2D eigenvalue weighted by Crippen LogP contribution is -2.42. The monoisotopic (exact) mass is 462 g/mol. The number of allylic oxidation sites excluding steroid dienone is 4. The van der Waals surface area contributed by atoms with Gasteiger partial charge in [0.2, 0.25) is 0 Å². The molecule has 2 N–H and O–H groups in total. The van der Waals surface area contributed by atoms with Crippen molar-refractivity contribution in [2.45, 2.75) is 50.5 Å². The van der Waals surface area contributed by atoms with Gasteiger partial charge in [0.25, 0.3) is 0 Å². The summed E-state index contributed by atoms with van der Waals surface area (Å²) < 4.78 is 2.17. The highest BCUT2D eigenvalue weighted by Gasteiger charge is 2.38. The second-order valence-corrected chi connectivity index (χ2v) is 10.2. The number of nitrogens with two attached hydrogens (primary N) is 1. The molecule has 2 aliphatic carbocycles. The van der Waals surface area contributed by atoms with Crippen LogP contribution in [-0.4, -0.2) is 43.4 Å². The Morgan fingerprint density at radius 2 is 1.83 bits per heavy atom. The van der Waals surface area contributed by atoms with Gasteiger partial charge in [-0.3, -0.25) is 4.40 Å². The highest BCUT2D eigenvalue weighted by atomic mass is 15.2. The number of anilines is 1. The summed E-state index contributed by atoms with van der Waals surface area (Å²) in [7, 11) is 0. The van der Waals surface area contributed by atoms with Crippen molar-refractivity contribution < 1.29 is 0 Å². The van der Waals surface area contributed by atoms with E-state index in [1.807, 2.05) is 6.20 Å². The van der Waals surface area contributed by atoms with Crippen LogP contribution in [0.3, 0.4) is 0 Å². The van der Waals surface area contributed by atoms with Crippen LogP contribution in [0.25, 0.3) is 33.3 Å². The summed E-state index contributed by atoms with van der Waals surface area (Å²) in [5, 5.41) is 1.13. The summed E-state index contributed by atoms with van der Waals surface area (Å²) in [5.74, 6) is 2.09. The predicted molar refractivity (Wildman–Crippen MR) is 141 cm³/mol. The van der Waals surface area contributed by atoms with E-state index in [1.165, 1.54) is 44.3 Å². The van der Waals surface area contributed by atoms with Gasteiger partial charge in [0.05, 0.1) is 11.2 Å². The van der Waals surface area contributed by atoms with Crippen LogP contribution >= 0.6 is 0 Å². The van der Waals surface area contributed by atoms with Gasteiger partial charge in [0, 0.05) is 35.3 Å². The molecule has 0 bridgehead atoms. The second kappa shape index (κ2) is 8.31. The van der Waals surface area contributed by atoms with Crippen molar-refractivity contribution in [1.82, 2.24) is 24.3 Å². The van der Waals surface area contributed by atoms with Crippen molar-refractivity contribution in [3.05, 3.63) is 72.5 Å². The zero-order chi connectivity index (χ0) is 23.4. The fraction of sp³-hybridized carbons (Fsp3) is 0.345. The number of likely N-dealkylation sites (tertiary alicyclic amines) is 1. The molecule has 6 nitrogen and oxygen atoms in total. The highest BCUT2D eigenvalue weighted by Crippen LogP contribution is 2.42. The Morgan fingerprint density at radius 3 is 2.66 bits per heavy atom. The molecule has 2 fully saturated rings. The number of hydrogen-bond donors (Lipinski definition) is 1. The predicted octanol–water partition coefficient (Wildman–Crippen LogP) is 5.60. The molecule has 1 saturated heterocycles. The Balaban J connectivity index is 1.28. The molecular weight excluding hydrogens is 432 g/mol. The number of rotatable bonds is 4. The van der Waals surface area contributed by atoms with E-state index in [1.54, 1.807) is 6.20 Å². The Hall–Kier alpha value is -3.51. The fourth-order valence-corrected chi connectivity index (χ4v) is 6.01. The molecule has 4 aromatic rings. The minimum absolute atomic E-state index is 0.457. The van der Waals surface area contributed by atoms with Gasteiger partial charge in [-0.25, -0.2) is 15.0 Å². The van der Waals surface area contributed by atoms with E-state index >= 15 is 0 Å². The van der Waals surface area contributed by atoms with Crippen LogP contribution in [-0.2, 0) is 0 Å². The minimum atomic E-state index is 0.457. The van der Waals surface area contributed by atoms with E-state index in [2.05, 4.69) is 62.8 Å². The summed E-state index contributed by atoms with van der Waals surface area (Å²) in [6.45, 7) is 2.50. The number of imidazole rings is 1. The number of fused-ring (bicyclic) bond motifs is 2. The molecule has 1 aromatic carbocycles. The smallest absolute Gasteiger partial charge is 0.150 e. The molecule has 0 unspecified atom stereocenters. The van der Waals surface area contributed by atoms with Crippen LogP contribution in [0.2, 0.25) is 0 Å². The van der Waals surface area contributed by atoms with Crippen molar-refractivity contribution in [2.24, 2.45) is 0 Å². The lowest BCUT2D eigenvalue weighted by atomic mass is 9.79. The summed E-state index contributed by atoms with van der Waals surface area (Å²) in [5.41, 5.74) is 12.5. The van der Waals surface area contributed by atoms with Crippen molar-refractivity contribution >= 4 is 27.8 Å². The van der Waals surface area contributed by atoms with E-state index in [4.69, 9.17) is 15.7 Å². The number of nitrogens with zero attached hydrogens (tertiary/aromatic N) is 5. The van der Waals surface area contributed by atoms with E-state index in [0.717, 1.165) is 52.0 Å². The number of aromatic nitrogens is 4. The topological polar surface area (TPSA) is 72.3 Å². The first-order chi connectivity index (χ1) is 17.2. The Labute approximate surface area is 205 Å². The Morgan fingerprint density at radius 1 is 0.971 bits per heavy atom. The van der Waals surface area contributed by atoms with Gasteiger partial charge in [-0.05, 0) is 69.3 Å². The average Bonchev–Trinajstić information content (AvgIpc) is 3.53. The lowest BCUT2D eigenvalue weighted by Gasteiger charge is -2.40. The van der Waals surface area contributed by atoms with Gasteiger partial charge in [0.1, 0.15) is 22.9 Å². The average molecular weight is 463 g/mol. The fourth-order valence-electron chi connectivity index (χ4n) is 6.01. The van der Waals surface area contributed by atoms with Crippen LogP contribution in [0.5, 0.6) is 0 Å². The van der Waals surface area contributed by atoms with Crippen LogP contribution in [0.1, 0.15) is 56.0 Å². The van der Waals surface area contributed by atoms with E-state index in [9.17, 15) is 0 Å². The summed E-state index contributed by atoms with van der Waals surface area (Å²) in [4.78, 5) is 17.3. The summed E-state index contributed by atoms with van der Waals surface area (Å²) >= 11 is 0. The Bertz CT molecular complexity index is 1480. The normalized spacial score (nSPS) is 22.6. The van der Waals surface area contributed by atoms with Gasteiger partial charge in [-0.1, -0.05) is 36.4 Å². The molecule has 0 atom stereocenters. The molecule has 35 heavy (non-hydrogen) atoms. The zero-order valence-corrected chi connectivity index (χ0v) is 19.9. The Kier molecular flexibility index (Phi) is 4.94. The summed E-state index contributed by atoms with van der Waals surface area (Å²) in [6, 6.07) is 11.4. The highest BCUT2D eigenvalue weighted by molar-refractivity contribution is 5.91. The van der Waals surface area contributed by atoms with Crippen LogP contribution in [0.4, 0.5) is 5.82 Å². The maximum absolute atomic E-state index is 6.42. The molecule has 0 spiro atoms. The van der Waals surface area contributed by atoms with Gasteiger partial charge in [-0.15, -0.1) is 0 Å². The molecule has 1 saturated carbocycles. The first kappa shape index (κ1) is 20.8. The van der Waals surface area contributed by atoms with Crippen molar-refractivity contribution in [1.29, 1.82) is 0 Å². The van der Waals surface area contributed by atoms with Gasteiger partial charge in [0.15, 0.2) is 0 Å². The van der Waals surface area contributed by atoms with Gasteiger partial charge >= 0.3 is 0 Å². The molecule has 1 aliphatic heterocycles. The van der Waals surface area contributed by atoms with Gasteiger partial charge < -0.3 is 10.6 Å². The second-order valence-electron chi connectivity index (χ2n) is 10.2. The third-order valence-electron chi connectivity index (χ3n) is 8.00. The van der Waals surface area contributed by atoms with E-state index < -0.39 is 0 Å². The third kappa shape index (κ3) is 3.55. The molecule has 3 aromatic heterocycles. The number of hydrogen-bond acceptors (Lipinski definition) is 5. The third-order valence-corrected chi connectivity index (χ3v) is 8.00. The van der Waals surface area contributed by atoms with E-state index in [0.29, 0.717) is 17.8 Å². The minimum Gasteiger partial charge on any atom is -0.382 e. The number of benzene rings is 1. The van der Waals surface area contributed by atoms with Crippen molar-refractivity contribution in [3.63, 3.8) is 0 Å². The first-order valence-corrected chi connectivity index (χ1v) is 12.9. The van der Waals surface area contributed by atoms with E-state index in [-0.39, 0.29) is 0 Å². The maximum atomic E-state index is 6.42. The standard InChI is InChI=1S/C29H30N6/c30-28-27-26(21-9-8-20-10-11-24(32-25(20)18-21)19-6-2-1-3-7-19)33-29(35(27)15-12-31-28)22-16-23(17-22)34-13-4-5-14-34/h2,6-12,15,18,22-23H,1,3-5,13-14,16-17H2,(H2,30,31)/t22-,23+. The SMILES string of the molecule is Nc1nccn2c1c(-c1ccc3ccc(C4=CCCC=C4)nc3c1)nc2[C@H]1C[C@@H](N2CCCC2)C1. The number of nitrogen functional groups attached to an aromatic ring is 1. The molecular formula is C29H30N6. The maximum Gasteiger partial charge on any atom is 0.150 e. The molecule has 6 heteroatoms. The molecule has 0 amide bonds. The lowest BCUT2D eigenvalue weighted by molar-refractivity contribution is 0.132. The quantitative estimate of drug-likeness (QED) is 0.427. The molecule has 3 aliphatic rings. The van der Waals surface area contributed by atoms with Crippen molar-refractivity contribution in [3.8, 4) is 11.3 Å².